The maximum atomic E-state index is 13.0. The number of hydrogen-bond donors (Lipinski definition) is 1. The SMILES string of the molecule is C=CCN(CC=C)CCN1CCN(C(=O)Nc2ccc(Cl)c(C(F)(F)F)c2)CC1. The molecule has 0 aromatic heterocycles. The molecule has 0 atom stereocenters. The maximum Gasteiger partial charge on any atom is 0.417 e. The molecule has 0 unspecified atom stereocenters. The van der Waals surface area contributed by atoms with Gasteiger partial charge in [-0.25, -0.2) is 4.79 Å². The molecule has 1 saturated heterocycles. The lowest BCUT2D eigenvalue weighted by Gasteiger charge is -2.35. The topological polar surface area (TPSA) is 38.8 Å². The highest BCUT2D eigenvalue weighted by molar-refractivity contribution is 6.31. The second-order valence-corrected chi connectivity index (χ2v) is 7.20. The number of nitrogens with zero attached hydrogens (tertiary/aromatic N) is 3. The molecule has 29 heavy (non-hydrogen) atoms. The molecule has 1 aromatic carbocycles. The molecule has 160 valence electrons. The van der Waals surface area contributed by atoms with E-state index in [-0.39, 0.29) is 5.69 Å². The third-order valence-corrected chi connectivity index (χ3v) is 5.02. The Balaban J connectivity index is 1.84. The molecule has 0 spiro atoms. The second kappa shape index (κ2) is 10.7. The van der Waals surface area contributed by atoms with Crippen LogP contribution >= 0.6 is 11.6 Å². The monoisotopic (exact) mass is 430 g/mol. The number of nitrogens with one attached hydrogen (secondary N) is 1. The van der Waals surface area contributed by atoms with E-state index in [1.807, 2.05) is 12.2 Å². The Hall–Kier alpha value is -2.03. The van der Waals surface area contributed by atoms with Crippen molar-refractivity contribution in [2.24, 2.45) is 0 Å². The minimum absolute atomic E-state index is 0.0682. The van der Waals surface area contributed by atoms with Crippen molar-refractivity contribution in [2.75, 3.05) is 57.7 Å². The summed E-state index contributed by atoms with van der Waals surface area (Å²) in [6.45, 7) is 13.2. The molecule has 1 aliphatic rings. The maximum absolute atomic E-state index is 13.0. The van der Waals surface area contributed by atoms with E-state index in [1.54, 1.807) is 4.90 Å². The minimum Gasteiger partial charge on any atom is -0.322 e. The smallest absolute Gasteiger partial charge is 0.322 e. The molecule has 1 fully saturated rings. The van der Waals surface area contributed by atoms with E-state index in [2.05, 4.69) is 28.3 Å². The number of alkyl halides is 3. The summed E-state index contributed by atoms with van der Waals surface area (Å²) >= 11 is 5.61. The number of urea groups is 1. The number of carbonyl (C=O) groups excluding carboxylic acids is 1. The molecule has 1 aliphatic heterocycles. The zero-order valence-electron chi connectivity index (χ0n) is 16.2. The van der Waals surface area contributed by atoms with Crippen LogP contribution in [-0.4, -0.2) is 73.1 Å². The Morgan fingerprint density at radius 2 is 1.79 bits per heavy atom. The average molecular weight is 431 g/mol. The second-order valence-electron chi connectivity index (χ2n) is 6.79. The van der Waals surface area contributed by atoms with Crippen molar-refractivity contribution in [3.63, 3.8) is 0 Å². The highest BCUT2D eigenvalue weighted by Gasteiger charge is 2.33. The van der Waals surface area contributed by atoms with Gasteiger partial charge in [0.1, 0.15) is 0 Å². The van der Waals surface area contributed by atoms with Crippen LogP contribution in [0.1, 0.15) is 5.56 Å². The van der Waals surface area contributed by atoms with Gasteiger partial charge in [-0.05, 0) is 18.2 Å². The first-order valence-corrected chi connectivity index (χ1v) is 9.71. The molecule has 1 heterocycles. The molecule has 5 nitrogen and oxygen atoms in total. The minimum atomic E-state index is -4.57. The van der Waals surface area contributed by atoms with Crippen molar-refractivity contribution in [3.8, 4) is 0 Å². The molecular weight excluding hydrogens is 405 g/mol. The third-order valence-electron chi connectivity index (χ3n) is 4.69. The average Bonchev–Trinajstić information content (AvgIpc) is 2.67. The van der Waals surface area contributed by atoms with E-state index in [9.17, 15) is 18.0 Å². The van der Waals surface area contributed by atoms with E-state index in [1.165, 1.54) is 6.07 Å². The third kappa shape index (κ3) is 7.06. The zero-order valence-corrected chi connectivity index (χ0v) is 17.0. The largest absolute Gasteiger partial charge is 0.417 e. The number of carbonyl (C=O) groups is 1. The van der Waals surface area contributed by atoms with Crippen molar-refractivity contribution in [3.05, 3.63) is 54.1 Å². The van der Waals surface area contributed by atoms with Crippen LogP contribution in [0.5, 0.6) is 0 Å². The normalized spacial score (nSPS) is 15.4. The van der Waals surface area contributed by atoms with Crippen molar-refractivity contribution >= 4 is 23.3 Å². The molecule has 9 heteroatoms. The van der Waals surface area contributed by atoms with Gasteiger partial charge in [-0.2, -0.15) is 13.2 Å². The van der Waals surface area contributed by atoms with Gasteiger partial charge in [-0.3, -0.25) is 9.80 Å². The lowest BCUT2D eigenvalue weighted by molar-refractivity contribution is -0.137. The van der Waals surface area contributed by atoms with Gasteiger partial charge in [0.05, 0.1) is 10.6 Å². The van der Waals surface area contributed by atoms with Crippen LogP contribution in [0.25, 0.3) is 0 Å². The van der Waals surface area contributed by atoms with Crippen LogP contribution in [0, 0.1) is 0 Å². The Kier molecular flexibility index (Phi) is 8.55. The van der Waals surface area contributed by atoms with Crippen LogP contribution in [-0.2, 0) is 6.18 Å². The van der Waals surface area contributed by atoms with E-state index in [0.29, 0.717) is 26.2 Å². The number of rotatable bonds is 8. The van der Waals surface area contributed by atoms with E-state index >= 15 is 0 Å². The number of hydrogen-bond acceptors (Lipinski definition) is 3. The van der Waals surface area contributed by atoms with Crippen LogP contribution < -0.4 is 5.32 Å². The summed E-state index contributed by atoms with van der Waals surface area (Å²) < 4.78 is 38.9. The quantitative estimate of drug-likeness (QED) is 0.629. The Bertz CT molecular complexity index is 708. The molecule has 0 aliphatic carbocycles. The fraction of sp³-hybridized carbons (Fsp3) is 0.450. The summed E-state index contributed by atoms with van der Waals surface area (Å²) in [5.74, 6) is 0. The van der Waals surface area contributed by atoms with Gasteiger partial charge in [0.15, 0.2) is 0 Å². The van der Waals surface area contributed by atoms with E-state index in [4.69, 9.17) is 11.6 Å². The van der Waals surface area contributed by atoms with Crippen LogP contribution in [0.2, 0.25) is 5.02 Å². The summed E-state index contributed by atoms with van der Waals surface area (Å²) in [5, 5.41) is 2.13. The van der Waals surface area contributed by atoms with Crippen LogP contribution in [0.15, 0.2) is 43.5 Å². The Morgan fingerprint density at radius 3 is 2.34 bits per heavy atom. The zero-order chi connectivity index (χ0) is 21.4. The van der Waals surface area contributed by atoms with Crippen LogP contribution in [0.4, 0.5) is 23.7 Å². The van der Waals surface area contributed by atoms with Crippen LogP contribution in [0.3, 0.4) is 0 Å². The summed E-state index contributed by atoms with van der Waals surface area (Å²) in [6.07, 6.45) is -0.867. The van der Waals surface area contributed by atoms with Gasteiger partial charge in [0, 0.05) is 58.0 Å². The van der Waals surface area contributed by atoms with E-state index in [0.717, 1.165) is 38.3 Å². The number of piperazine rings is 1. The number of benzene rings is 1. The lowest BCUT2D eigenvalue weighted by atomic mass is 10.2. The van der Waals surface area contributed by atoms with Gasteiger partial charge in [-0.1, -0.05) is 23.8 Å². The predicted molar refractivity (Wildman–Crippen MR) is 110 cm³/mol. The van der Waals surface area contributed by atoms with Gasteiger partial charge in [0.25, 0.3) is 0 Å². The standard InChI is InChI=1S/C20H26ClF3N4O/c1-3-7-26(8-4-2)9-10-27-11-13-28(14-12-27)19(29)25-16-5-6-18(21)17(15-16)20(22,23)24/h3-6,15H,1-2,7-14H2,(H,25,29). The van der Waals surface area contributed by atoms with Gasteiger partial charge < -0.3 is 10.2 Å². The summed E-state index contributed by atoms with van der Waals surface area (Å²) in [6, 6.07) is 2.93. The van der Waals surface area contributed by atoms with Crippen molar-refractivity contribution in [2.45, 2.75) is 6.18 Å². The van der Waals surface area contributed by atoms with Crippen molar-refractivity contribution in [1.82, 2.24) is 14.7 Å². The molecule has 2 amide bonds. The fourth-order valence-corrected chi connectivity index (χ4v) is 3.33. The highest BCUT2D eigenvalue weighted by atomic mass is 35.5. The molecule has 1 N–H and O–H groups in total. The van der Waals surface area contributed by atoms with E-state index < -0.39 is 22.8 Å². The fourth-order valence-electron chi connectivity index (χ4n) is 3.10. The molecule has 0 bridgehead atoms. The van der Waals surface area contributed by atoms with Gasteiger partial charge in [0.2, 0.25) is 0 Å². The number of halogens is 4. The first kappa shape index (κ1) is 23.3. The van der Waals surface area contributed by atoms with Gasteiger partial charge in [-0.15, -0.1) is 13.2 Å². The molecule has 0 radical (unpaired) electrons. The van der Waals surface area contributed by atoms with Gasteiger partial charge >= 0.3 is 12.2 Å². The van der Waals surface area contributed by atoms with Crippen molar-refractivity contribution < 1.29 is 18.0 Å². The Labute approximate surface area is 174 Å². The summed E-state index contributed by atoms with van der Waals surface area (Å²) in [7, 11) is 0. The summed E-state index contributed by atoms with van der Waals surface area (Å²) in [5.41, 5.74) is -0.899. The number of anilines is 1. The molecule has 2 rings (SSSR count). The first-order chi connectivity index (χ1) is 13.7. The van der Waals surface area contributed by atoms with Crippen molar-refractivity contribution in [1.29, 1.82) is 0 Å². The molecule has 1 aromatic rings. The highest BCUT2D eigenvalue weighted by Crippen LogP contribution is 2.36. The number of amides is 2. The predicted octanol–water partition coefficient (Wildman–Crippen LogP) is 4.18. The Morgan fingerprint density at radius 1 is 1.17 bits per heavy atom. The molecule has 0 saturated carbocycles. The lowest BCUT2D eigenvalue weighted by Crippen LogP contribution is -2.51. The summed E-state index contributed by atoms with van der Waals surface area (Å²) in [4.78, 5) is 18.5. The first-order valence-electron chi connectivity index (χ1n) is 9.33. The molecular formula is C20H26ClF3N4O.